The van der Waals surface area contributed by atoms with E-state index in [-0.39, 0.29) is 5.91 Å². The molecule has 0 aliphatic heterocycles. The summed E-state index contributed by atoms with van der Waals surface area (Å²) >= 11 is 7.54. The van der Waals surface area contributed by atoms with Crippen LogP contribution in [-0.2, 0) is 0 Å². The lowest BCUT2D eigenvalue weighted by atomic mass is 10.2. The molecule has 124 valence electrons. The van der Waals surface area contributed by atoms with Crippen molar-refractivity contribution in [1.82, 2.24) is 4.98 Å². The minimum absolute atomic E-state index is 0.170. The van der Waals surface area contributed by atoms with Gasteiger partial charge in [0.15, 0.2) is 5.13 Å². The van der Waals surface area contributed by atoms with E-state index in [4.69, 9.17) is 11.6 Å². The van der Waals surface area contributed by atoms with Crippen LogP contribution in [0.5, 0.6) is 0 Å². The molecular weight excluding hydrogens is 342 g/mol. The van der Waals surface area contributed by atoms with Gasteiger partial charge in [-0.1, -0.05) is 29.0 Å². The van der Waals surface area contributed by atoms with Crippen molar-refractivity contribution in [3.8, 4) is 0 Å². The molecule has 6 heteroatoms. The van der Waals surface area contributed by atoms with Crippen molar-refractivity contribution in [2.45, 2.75) is 13.8 Å². The molecule has 1 N–H and O–H groups in total. The number of carbonyl (C=O) groups is 1. The fourth-order valence-electron chi connectivity index (χ4n) is 2.55. The minimum atomic E-state index is -0.170. The molecule has 0 aliphatic rings. The SMILES string of the molecule is CCN(CC)c1ccc(C(=O)Nc2nc3c(Cl)cccc3s2)cc1. The first-order chi connectivity index (χ1) is 11.6. The van der Waals surface area contributed by atoms with Crippen molar-refractivity contribution in [3.63, 3.8) is 0 Å². The van der Waals surface area contributed by atoms with E-state index in [1.807, 2.05) is 36.4 Å². The monoisotopic (exact) mass is 359 g/mol. The summed E-state index contributed by atoms with van der Waals surface area (Å²) < 4.78 is 0.953. The normalized spacial score (nSPS) is 10.8. The van der Waals surface area contributed by atoms with Gasteiger partial charge in [0.1, 0.15) is 5.52 Å². The Balaban J connectivity index is 1.77. The fraction of sp³-hybridized carbons (Fsp3) is 0.222. The molecule has 1 amide bonds. The predicted octanol–water partition coefficient (Wildman–Crippen LogP) is 5.05. The van der Waals surface area contributed by atoms with Crippen molar-refractivity contribution >= 4 is 49.9 Å². The van der Waals surface area contributed by atoms with Crippen LogP contribution in [0.25, 0.3) is 10.2 Å². The first kappa shape index (κ1) is 16.7. The van der Waals surface area contributed by atoms with Crippen LogP contribution in [0.4, 0.5) is 10.8 Å². The number of fused-ring (bicyclic) bond motifs is 1. The Kier molecular flexibility index (Phi) is 5.02. The zero-order valence-electron chi connectivity index (χ0n) is 13.5. The van der Waals surface area contributed by atoms with Crippen LogP contribution >= 0.6 is 22.9 Å². The highest BCUT2D eigenvalue weighted by Crippen LogP contribution is 2.30. The maximum absolute atomic E-state index is 12.4. The summed E-state index contributed by atoms with van der Waals surface area (Å²) in [4.78, 5) is 19.0. The molecule has 0 bridgehead atoms. The largest absolute Gasteiger partial charge is 0.372 e. The maximum Gasteiger partial charge on any atom is 0.257 e. The third-order valence-electron chi connectivity index (χ3n) is 3.85. The Labute approximate surface area is 150 Å². The molecule has 0 unspecified atom stereocenters. The summed E-state index contributed by atoms with van der Waals surface area (Å²) in [5.41, 5.74) is 2.44. The van der Waals surface area contributed by atoms with E-state index in [9.17, 15) is 4.79 Å². The van der Waals surface area contributed by atoms with Crippen LogP contribution in [0.2, 0.25) is 5.02 Å². The van der Waals surface area contributed by atoms with Crippen LogP contribution < -0.4 is 10.2 Å². The molecule has 0 atom stereocenters. The molecule has 0 spiro atoms. The number of carbonyl (C=O) groups excluding carboxylic acids is 1. The third-order valence-corrected chi connectivity index (χ3v) is 5.09. The van der Waals surface area contributed by atoms with E-state index in [2.05, 4.69) is 29.0 Å². The van der Waals surface area contributed by atoms with Crippen LogP contribution in [0.1, 0.15) is 24.2 Å². The van der Waals surface area contributed by atoms with Gasteiger partial charge in [-0.15, -0.1) is 0 Å². The number of aromatic nitrogens is 1. The number of halogens is 1. The average molecular weight is 360 g/mol. The number of anilines is 2. The Hall–Kier alpha value is -2.11. The molecule has 2 aromatic carbocycles. The summed E-state index contributed by atoms with van der Waals surface area (Å²) in [6, 6.07) is 13.2. The lowest BCUT2D eigenvalue weighted by Crippen LogP contribution is -2.21. The molecule has 1 aromatic heterocycles. The lowest BCUT2D eigenvalue weighted by Gasteiger charge is -2.20. The number of para-hydroxylation sites is 1. The Morgan fingerprint density at radius 1 is 1.17 bits per heavy atom. The lowest BCUT2D eigenvalue weighted by molar-refractivity contribution is 0.102. The van der Waals surface area contributed by atoms with Gasteiger partial charge in [0, 0.05) is 24.3 Å². The highest BCUT2D eigenvalue weighted by Gasteiger charge is 2.12. The summed E-state index contributed by atoms with van der Waals surface area (Å²) in [6.45, 7) is 6.10. The Bertz CT molecular complexity index is 856. The average Bonchev–Trinajstić information content (AvgIpc) is 3.00. The molecule has 0 aliphatic carbocycles. The maximum atomic E-state index is 12.4. The topological polar surface area (TPSA) is 45.2 Å². The smallest absolute Gasteiger partial charge is 0.257 e. The van der Waals surface area contributed by atoms with Gasteiger partial charge < -0.3 is 4.90 Å². The van der Waals surface area contributed by atoms with E-state index in [1.54, 1.807) is 6.07 Å². The zero-order chi connectivity index (χ0) is 17.1. The second-order valence-corrected chi connectivity index (χ2v) is 6.72. The molecule has 0 saturated heterocycles. The molecule has 3 rings (SSSR count). The van der Waals surface area contributed by atoms with Crippen molar-refractivity contribution in [3.05, 3.63) is 53.1 Å². The molecule has 0 saturated carbocycles. The minimum Gasteiger partial charge on any atom is -0.372 e. The van der Waals surface area contributed by atoms with E-state index < -0.39 is 0 Å². The number of nitrogens with zero attached hydrogens (tertiary/aromatic N) is 2. The Morgan fingerprint density at radius 3 is 2.50 bits per heavy atom. The van der Waals surface area contributed by atoms with Gasteiger partial charge in [0.25, 0.3) is 5.91 Å². The van der Waals surface area contributed by atoms with Gasteiger partial charge in [-0.25, -0.2) is 4.98 Å². The van der Waals surface area contributed by atoms with E-state index in [0.29, 0.717) is 15.7 Å². The van der Waals surface area contributed by atoms with Gasteiger partial charge in [-0.2, -0.15) is 0 Å². The summed E-state index contributed by atoms with van der Waals surface area (Å²) in [5.74, 6) is -0.170. The Morgan fingerprint density at radius 2 is 1.88 bits per heavy atom. The second kappa shape index (κ2) is 7.20. The molecule has 0 fully saturated rings. The van der Waals surface area contributed by atoms with Crippen molar-refractivity contribution < 1.29 is 4.79 Å². The number of nitrogens with one attached hydrogen (secondary N) is 1. The highest BCUT2D eigenvalue weighted by atomic mass is 35.5. The van der Waals surface area contributed by atoms with Crippen LogP contribution in [-0.4, -0.2) is 24.0 Å². The van der Waals surface area contributed by atoms with Crippen LogP contribution in [0, 0.1) is 0 Å². The third kappa shape index (κ3) is 3.37. The molecule has 24 heavy (non-hydrogen) atoms. The molecule has 0 radical (unpaired) electrons. The molecular formula is C18H18ClN3OS. The number of thiazole rings is 1. The molecule has 3 aromatic rings. The van der Waals surface area contributed by atoms with Gasteiger partial charge >= 0.3 is 0 Å². The quantitative estimate of drug-likeness (QED) is 0.693. The fourth-order valence-corrected chi connectivity index (χ4v) is 3.71. The predicted molar refractivity (Wildman–Crippen MR) is 103 cm³/mol. The number of hydrogen-bond acceptors (Lipinski definition) is 4. The van der Waals surface area contributed by atoms with Crippen molar-refractivity contribution in [2.75, 3.05) is 23.3 Å². The van der Waals surface area contributed by atoms with Crippen LogP contribution in [0.3, 0.4) is 0 Å². The van der Waals surface area contributed by atoms with Crippen molar-refractivity contribution in [1.29, 1.82) is 0 Å². The first-order valence-electron chi connectivity index (χ1n) is 7.83. The number of rotatable bonds is 5. The summed E-state index contributed by atoms with van der Waals surface area (Å²) in [5, 5.41) is 3.99. The first-order valence-corrected chi connectivity index (χ1v) is 9.03. The number of benzene rings is 2. The van der Waals surface area contributed by atoms with Gasteiger partial charge in [0.05, 0.1) is 9.72 Å². The summed E-state index contributed by atoms with van der Waals surface area (Å²) in [6.07, 6.45) is 0. The van der Waals surface area contributed by atoms with E-state index >= 15 is 0 Å². The summed E-state index contributed by atoms with van der Waals surface area (Å²) in [7, 11) is 0. The standard InChI is InChI=1S/C18H18ClN3OS/c1-3-22(4-2)13-10-8-12(9-11-13)17(23)21-18-20-16-14(19)6-5-7-15(16)24-18/h5-11H,3-4H2,1-2H3,(H,20,21,23). The number of amides is 1. The van der Waals surface area contributed by atoms with Gasteiger partial charge in [0.2, 0.25) is 0 Å². The zero-order valence-corrected chi connectivity index (χ0v) is 15.1. The molecule has 4 nitrogen and oxygen atoms in total. The molecule has 1 heterocycles. The van der Waals surface area contributed by atoms with E-state index in [0.717, 1.165) is 29.0 Å². The van der Waals surface area contributed by atoms with Crippen molar-refractivity contribution in [2.24, 2.45) is 0 Å². The van der Waals surface area contributed by atoms with Gasteiger partial charge in [-0.05, 0) is 50.2 Å². The van der Waals surface area contributed by atoms with Gasteiger partial charge in [-0.3, -0.25) is 10.1 Å². The second-order valence-electron chi connectivity index (χ2n) is 5.28. The van der Waals surface area contributed by atoms with E-state index in [1.165, 1.54) is 11.3 Å². The number of hydrogen-bond donors (Lipinski definition) is 1. The van der Waals surface area contributed by atoms with Crippen LogP contribution in [0.15, 0.2) is 42.5 Å². The highest BCUT2D eigenvalue weighted by molar-refractivity contribution is 7.22.